The van der Waals surface area contributed by atoms with E-state index in [1.807, 2.05) is 25.7 Å². The molecule has 4 heteroatoms. The van der Waals surface area contributed by atoms with Crippen molar-refractivity contribution in [2.75, 3.05) is 13.1 Å². The molecule has 1 saturated heterocycles. The number of carbonyl (C=O) groups excluding carboxylic acids is 2. The summed E-state index contributed by atoms with van der Waals surface area (Å²) in [5.74, 6) is 1.26. The third kappa shape index (κ3) is 3.95. The molecule has 1 aliphatic carbocycles. The molecule has 1 saturated carbocycles. The number of fused-ring (bicyclic) bond motifs is 1. The fourth-order valence-corrected chi connectivity index (χ4v) is 3.20. The van der Waals surface area contributed by atoms with Gasteiger partial charge in [0.2, 0.25) is 5.91 Å². The van der Waals surface area contributed by atoms with Gasteiger partial charge in [0.1, 0.15) is 5.60 Å². The first-order valence-corrected chi connectivity index (χ1v) is 7.35. The first kappa shape index (κ1) is 14.4. The minimum Gasteiger partial charge on any atom is -0.460 e. The fraction of sp³-hybridized carbons (Fsp3) is 0.867. The van der Waals surface area contributed by atoms with Crippen LogP contribution in [-0.2, 0) is 14.3 Å². The second kappa shape index (κ2) is 5.51. The predicted molar refractivity (Wildman–Crippen MR) is 72.5 cm³/mol. The van der Waals surface area contributed by atoms with E-state index in [9.17, 15) is 9.59 Å². The van der Waals surface area contributed by atoms with E-state index < -0.39 is 5.60 Å². The van der Waals surface area contributed by atoms with Crippen LogP contribution in [0.15, 0.2) is 0 Å². The van der Waals surface area contributed by atoms with Crippen LogP contribution < -0.4 is 0 Å². The highest BCUT2D eigenvalue weighted by Crippen LogP contribution is 2.37. The van der Waals surface area contributed by atoms with E-state index >= 15 is 0 Å². The molecule has 0 aromatic heterocycles. The van der Waals surface area contributed by atoms with Crippen molar-refractivity contribution in [2.24, 2.45) is 11.8 Å². The summed E-state index contributed by atoms with van der Waals surface area (Å²) in [6.07, 6.45) is 4.33. The lowest BCUT2D eigenvalue weighted by molar-refractivity contribution is -0.156. The van der Waals surface area contributed by atoms with Crippen molar-refractivity contribution in [1.29, 1.82) is 0 Å². The molecule has 0 aromatic carbocycles. The molecule has 2 aliphatic rings. The number of ether oxygens (including phenoxy) is 1. The highest BCUT2D eigenvalue weighted by molar-refractivity contribution is 5.81. The highest BCUT2D eigenvalue weighted by atomic mass is 16.6. The Balaban J connectivity index is 1.72. The Morgan fingerprint density at radius 1 is 1.11 bits per heavy atom. The first-order valence-electron chi connectivity index (χ1n) is 7.35. The summed E-state index contributed by atoms with van der Waals surface area (Å²) in [6.45, 7) is 7.33. The smallest absolute Gasteiger partial charge is 0.306 e. The van der Waals surface area contributed by atoms with Crippen molar-refractivity contribution in [3.05, 3.63) is 0 Å². The SMILES string of the molecule is CC(C)(C)OC(=O)CCC(=O)N1CC2CCCC2C1. The standard InChI is InChI=1S/C15H25NO3/c1-15(2,3)19-14(18)8-7-13(17)16-9-11-5-4-6-12(11)10-16/h11-12H,4-10H2,1-3H3. The van der Waals surface area contributed by atoms with Crippen LogP contribution in [0.5, 0.6) is 0 Å². The Hall–Kier alpha value is -1.06. The summed E-state index contributed by atoms with van der Waals surface area (Å²) in [6, 6.07) is 0. The predicted octanol–water partition coefficient (Wildman–Crippen LogP) is 2.37. The molecule has 4 nitrogen and oxygen atoms in total. The quantitative estimate of drug-likeness (QED) is 0.737. The van der Waals surface area contributed by atoms with Crippen molar-refractivity contribution in [3.8, 4) is 0 Å². The van der Waals surface area contributed by atoms with E-state index in [1.54, 1.807) is 0 Å². The number of hydrogen-bond acceptors (Lipinski definition) is 3. The molecule has 0 spiro atoms. The topological polar surface area (TPSA) is 46.6 Å². The second-order valence-corrected chi connectivity index (χ2v) is 6.84. The van der Waals surface area contributed by atoms with Gasteiger partial charge in [0.15, 0.2) is 0 Å². The first-order chi connectivity index (χ1) is 8.85. The number of amides is 1. The number of hydrogen-bond donors (Lipinski definition) is 0. The molecule has 0 bridgehead atoms. The van der Waals surface area contributed by atoms with Crippen LogP contribution in [0.4, 0.5) is 0 Å². The minimum atomic E-state index is -0.467. The molecule has 1 aliphatic heterocycles. The van der Waals surface area contributed by atoms with Gasteiger partial charge in [-0.15, -0.1) is 0 Å². The van der Waals surface area contributed by atoms with Crippen LogP contribution in [0.25, 0.3) is 0 Å². The molecule has 2 fully saturated rings. The molecule has 0 radical (unpaired) electrons. The summed E-state index contributed by atoms with van der Waals surface area (Å²) in [5.41, 5.74) is -0.467. The summed E-state index contributed by atoms with van der Waals surface area (Å²) in [7, 11) is 0. The molecule has 1 heterocycles. The van der Waals surface area contributed by atoms with Crippen LogP contribution in [0.1, 0.15) is 52.9 Å². The van der Waals surface area contributed by atoms with Gasteiger partial charge >= 0.3 is 5.97 Å². The summed E-state index contributed by atoms with van der Waals surface area (Å²) >= 11 is 0. The fourth-order valence-electron chi connectivity index (χ4n) is 3.20. The molecule has 2 atom stereocenters. The minimum absolute atomic E-state index is 0.111. The zero-order chi connectivity index (χ0) is 14.0. The largest absolute Gasteiger partial charge is 0.460 e. The third-order valence-corrected chi connectivity index (χ3v) is 4.04. The van der Waals surface area contributed by atoms with Gasteiger partial charge in [-0.1, -0.05) is 6.42 Å². The summed E-state index contributed by atoms with van der Waals surface area (Å²) in [5, 5.41) is 0. The maximum atomic E-state index is 12.1. The van der Waals surface area contributed by atoms with Crippen LogP contribution >= 0.6 is 0 Å². The van der Waals surface area contributed by atoms with Gasteiger partial charge < -0.3 is 9.64 Å². The van der Waals surface area contributed by atoms with Crippen molar-refractivity contribution in [1.82, 2.24) is 4.90 Å². The maximum absolute atomic E-state index is 12.1. The molecule has 0 N–H and O–H groups in total. The second-order valence-electron chi connectivity index (χ2n) is 6.84. The molecular formula is C15H25NO3. The van der Waals surface area contributed by atoms with Crippen molar-refractivity contribution >= 4 is 11.9 Å². The Morgan fingerprint density at radius 3 is 2.21 bits per heavy atom. The lowest BCUT2D eigenvalue weighted by atomic mass is 10.0. The molecule has 2 unspecified atom stereocenters. The Bertz CT molecular complexity index is 347. The van der Waals surface area contributed by atoms with Gasteiger partial charge in [-0.3, -0.25) is 9.59 Å². The Morgan fingerprint density at radius 2 is 1.68 bits per heavy atom. The zero-order valence-electron chi connectivity index (χ0n) is 12.3. The van der Waals surface area contributed by atoms with Crippen LogP contribution in [0.3, 0.4) is 0 Å². The van der Waals surface area contributed by atoms with E-state index in [0.717, 1.165) is 13.1 Å². The van der Waals surface area contributed by atoms with Crippen LogP contribution in [0.2, 0.25) is 0 Å². The monoisotopic (exact) mass is 267 g/mol. The van der Waals surface area contributed by atoms with Crippen molar-refractivity contribution < 1.29 is 14.3 Å². The van der Waals surface area contributed by atoms with Crippen LogP contribution in [-0.4, -0.2) is 35.5 Å². The Labute approximate surface area is 115 Å². The van der Waals surface area contributed by atoms with Crippen molar-refractivity contribution in [2.45, 2.75) is 58.5 Å². The van der Waals surface area contributed by atoms with Crippen LogP contribution in [0, 0.1) is 11.8 Å². The lowest BCUT2D eigenvalue weighted by Crippen LogP contribution is -2.30. The molecule has 0 aromatic rings. The molecule has 19 heavy (non-hydrogen) atoms. The van der Waals surface area contributed by atoms with Gasteiger partial charge in [-0.05, 0) is 45.4 Å². The number of nitrogens with zero attached hydrogens (tertiary/aromatic N) is 1. The highest BCUT2D eigenvalue weighted by Gasteiger charge is 2.37. The average molecular weight is 267 g/mol. The summed E-state index contributed by atoms with van der Waals surface area (Å²) in [4.78, 5) is 25.6. The maximum Gasteiger partial charge on any atom is 0.306 e. The number of carbonyl (C=O) groups is 2. The van der Waals surface area contributed by atoms with Gasteiger partial charge in [0.05, 0.1) is 6.42 Å². The normalized spacial score (nSPS) is 26.4. The molecular weight excluding hydrogens is 242 g/mol. The number of esters is 1. The van der Waals surface area contributed by atoms with Gasteiger partial charge in [-0.2, -0.15) is 0 Å². The average Bonchev–Trinajstić information content (AvgIpc) is 2.83. The van der Waals surface area contributed by atoms with Gasteiger partial charge in [0, 0.05) is 19.5 Å². The third-order valence-electron chi connectivity index (χ3n) is 4.04. The molecule has 108 valence electrons. The Kier molecular flexibility index (Phi) is 4.16. The molecule has 1 amide bonds. The van der Waals surface area contributed by atoms with E-state index in [-0.39, 0.29) is 24.7 Å². The number of likely N-dealkylation sites (tertiary alicyclic amines) is 1. The van der Waals surface area contributed by atoms with Crippen molar-refractivity contribution in [3.63, 3.8) is 0 Å². The van der Waals surface area contributed by atoms with E-state index in [0.29, 0.717) is 11.8 Å². The summed E-state index contributed by atoms with van der Waals surface area (Å²) < 4.78 is 5.22. The lowest BCUT2D eigenvalue weighted by Gasteiger charge is -2.20. The number of rotatable bonds is 3. The molecule has 2 rings (SSSR count). The van der Waals surface area contributed by atoms with E-state index in [4.69, 9.17) is 4.74 Å². The van der Waals surface area contributed by atoms with Gasteiger partial charge in [-0.25, -0.2) is 0 Å². The van der Waals surface area contributed by atoms with E-state index in [2.05, 4.69) is 0 Å². The zero-order valence-corrected chi connectivity index (χ0v) is 12.3. The van der Waals surface area contributed by atoms with E-state index in [1.165, 1.54) is 19.3 Å². The van der Waals surface area contributed by atoms with Gasteiger partial charge in [0.25, 0.3) is 0 Å².